The minimum Gasteiger partial charge on any atom is -0.345 e. The molecule has 3 saturated heterocycles. The predicted molar refractivity (Wildman–Crippen MR) is 114 cm³/mol. The zero-order valence-electron chi connectivity index (χ0n) is 18.1. The Balaban J connectivity index is 1.43. The lowest BCUT2D eigenvalue weighted by molar-refractivity contribution is -0.160. The quantitative estimate of drug-likeness (QED) is 0.798. The van der Waals surface area contributed by atoms with Crippen LogP contribution in [0.4, 0.5) is 5.95 Å². The number of aromatic amines is 1. The molecule has 3 aliphatic heterocycles. The number of imidazole rings is 1. The molecule has 5 heterocycles. The Hall–Kier alpha value is -2.97. The summed E-state index contributed by atoms with van der Waals surface area (Å²) in [6, 6.07) is 1.48. The Labute approximate surface area is 181 Å². The molecule has 9 heteroatoms. The number of hydrogen-bond acceptors (Lipinski definition) is 6. The number of H-pyrrole nitrogens is 1. The fourth-order valence-electron chi connectivity index (χ4n) is 5.67. The fraction of sp³-hybridized carbons (Fsp3) is 0.591. The van der Waals surface area contributed by atoms with E-state index >= 15 is 0 Å². The molecule has 0 aromatic carbocycles. The van der Waals surface area contributed by atoms with Crippen molar-refractivity contribution < 1.29 is 9.59 Å². The molecule has 0 unspecified atom stereocenters. The highest BCUT2D eigenvalue weighted by atomic mass is 16.2. The van der Waals surface area contributed by atoms with Gasteiger partial charge in [-0.25, -0.2) is 15.0 Å². The Kier molecular flexibility index (Phi) is 5.11. The maximum Gasteiger partial charge on any atom is 0.245 e. The first-order chi connectivity index (χ1) is 15.0. The van der Waals surface area contributed by atoms with E-state index in [-0.39, 0.29) is 23.8 Å². The third-order valence-electron chi connectivity index (χ3n) is 6.95. The second-order valence-corrected chi connectivity index (χ2v) is 9.12. The van der Waals surface area contributed by atoms with Crippen molar-refractivity contribution >= 4 is 17.8 Å². The number of amides is 2. The first-order valence-corrected chi connectivity index (χ1v) is 11.1. The highest BCUT2D eigenvalue weighted by molar-refractivity contribution is 5.89. The molecular weight excluding hydrogens is 394 g/mol. The van der Waals surface area contributed by atoms with Gasteiger partial charge in [0.05, 0.1) is 6.54 Å². The van der Waals surface area contributed by atoms with Gasteiger partial charge in [-0.2, -0.15) is 0 Å². The molecule has 31 heavy (non-hydrogen) atoms. The maximum absolute atomic E-state index is 13.7. The summed E-state index contributed by atoms with van der Waals surface area (Å²) in [4.78, 5) is 49.0. The van der Waals surface area contributed by atoms with Crippen molar-refractivity contribution in [2.24, 2.45) is 11.8 Å². The number of rotatable bonds is 4. The zero-order chi connectivity index (χ0) is 21.5. The summed E-state index contributed by atoms with van der Waals surface area (Å²) < 4.78 is 0. The second-order valence-electron chi connectivity index (χ2n) is 9.12. The Morgan fingerprint density at radius 1 is 1.23 bits per heavy atom. The molecule has 0 spiro atoms. The summed E-state index contributed by atoms with van der Waals surface area (Å²) in [5.41, 5.74) is 0.966. The van der Waals surface area contributed by atoms with Gasteiger partial charge in [-0.3, -0.25) is 9.59 Å². The van der Waals surface area contributed by atoms with Crippen molar-refractivity contribution in [2.75, 3.05) is 25.0 Å². The lowest BCUT2D eigenvalue weighted by Crippen LogP contribution is -2.68. The van der Waals surface area contributed by atoms with Crippen molar-refractivity contribution in [3.05, 3.63) is 36.2 Å². The molecule has 164 valence electrons. The molecule has 2 bridgehead atoms. The minimum atomic E-state index is -0.443. The minimum absolute atomic E-state index is 0.00594. The number of carbonyl (C=O) groups excluding carboxylic acids is 2. The van der Waals surface area contributed by atoms with Crippen LogP contribution in [0.15, 0.2) is 24.7 Å². The van der Waals surface area contributed by atoms with Crippen LogP contribution in [0.2, 0.25) is 0 Å². The topological polar surface area (TPSA) is 98.3 Å². The van der Waals surface area contributed by atoms with Crippen molar-refractivity contribution in [1.82, 2.24) is 29.7 Å². The van der Waals surface area contributed by atoms with Gasteiger partial charge in [0.1, 0.15) is 11.9 Å². The van der Waals surface area contributed by atoms with Crippen LogP contribution in [0.25, 0.3) is 0 Å². The van der Waals surface area contributed by atoms with Crippen LogP contribution in [0, 0.1) is 18.8 Å². The molecule has 2 aromatic heterocycles. The van der Waals surface area contributed by atoms with Gasteiger partial charge in [-0.15, -0.1) is 0 Å². The van der Waals surface area contributed by atoms with E-state index in [9.17, 15) is 9.59 Å². The molecular formula is C22H29N7O2. The monoisotopic (exact) mass is 423 g/mol. The Morgan fingerprint density at radius 3 is 2.74 bits per heavy atom. The average molecular weight is 424 g/mol. The average Bonchev–Trinajstić information content (AvgIpc) is 3.19. The van der Waals surface area contributed by atoms with Crippen molar-refractivity contribution in [2.45, 2.75) is 51.2 Å². The lowest BCUT2D eigenvalue weighted by Gasteiger charge is -2.56. The predicted octanol–water partition coefficient (Wildman–Crippen LogP) is 1.37. The number of fused-ring (bicyclic) bond motifs is 4. The zero-order valence-corrected chi connectivity index (χ0v) is 18.1. The van der Waals surface area contributed by atoms with Crippen LogP contribution < -0.4 is 4.90 Å². The highest BCUT2D eigenvalue weighted by Crippen LogP contribution is 2.42. The van der Waals surface area contributed by atoms with Crippen LogP contribution >= 0.6 is 0 Å². The van der Waals surface area contributed by atoms with Gasteiger partial charge >= 0.3 is 0 Å². The number of nitrogens with one attached hydrogen (secondary N) is 1. The summed E-state index contributed by atoms with van der Waals surface area (Å²) in [5, 5.41) is 0. The fourth-order valence-corrected chi connectivity index (χ4v) is 5.67. The molecule has 0 saturated carbocycles. The third-order valence-corrected chi connectivity index (χ3v) is 6.95. The number of anilines is 1. The molecule has 5 rings (SSSR count). The maximum atomic E-state index is 13.7. The number of piperidine rings is 3. The van der Waals surface area contributed by atoms with Gasteiger partial charge in [0.2, 0.25) is 17.8 Å². The first-order valence-electron chi connectivity index (χ1n) is 11.1. The van der Waals surface area contributed by atoms with Gasteiger partial charge in [-0.1, -0.05) is 0 Å². The molecule has 3 aliphatic rings. The van der Waals surface area contributed by atoms with E-state index in [2.05, 4.69) is 24.8 Å². The van der Waals surface area contributed by atoms with E-state index < -0.39 is 6.04 Å². The first kappa shape index (κ1) is 20.0. The van der Waals surface area contributed by atoms with Crippen molar-refractivity contribution in [1.29, 1.82) is 0 Å². The van der Waals surface area contributed by atoms with Crippen molar-refractivity contribution in [3.8, 4) is 0 Å². The summed E-state index contributed by atoms with van der Waals surface area (Å²) in [7, 11) is 1.80. The van der Waals surface area contributed by atoms with E-state index in [1.165, 1.54) is 0 Å². The molecule has 2 amide bonds. The van der Waals surface area contributed by atoms with Crippen LogP contribution in [0.3, 0.4) is 0 Å². The van der Waals surface area contributed by atoms with E-state index in [1.807, 2.05) is 17.9 Å². The Morgan fingerprint density at radius 2 is 2.00 bits per heavy atom. The summed E-state index contributed by atoms with van der Waals surface area (Å²) >= 11 is 0. The van der Waals surface area contributed by atoms with Crippen molar-refractivity contribution in [3.63, 3.8) is 0 Å². The SMILES string of the molecule is Cc1cnc(CN(C)C(=O)[C@H]2[C@@H]3C[C@@H](CN(c4ncccn4)C3)[C@@H]3CCCC(=O)N32)[nH]1. The highest BCUT2D eigenvalue weighted by Gasteiger charge is 2.52. The molecule has 4 atom stereocenters. The van der Waals surface area contributed by atoms with Gasteiger partial charge in [0.25, 0.3) is 0 Å². The molecule has 9 nitrogen and oxygen atoms in total. The van der Waals surface area contributed by atoms with Gasteiger partial charge in [0.15, 0.2) is 0 Å². The standard InChI is InChI=1S/C22H29N7O2/c1-14-10-25-18(26-14)13-27(2)21(31)20-16-9-15(17-5-3-6-19(30)29(17)20)11-28(12-16)22-23-7-4-8-24-22/h4,7-8,10,15-17,20H,3,5-6,9,11-13H2,1-2H3,(H,25,26)/t15-,16+,17-,20+/m0/s1. The molecule has 0 radical (unpaired) electrons. The number of aryl methyl sites for hydroxylation is 1. The van der Waals surface area contributed by atoms with Crippen LogP contribution in [-0.2, 0) is 16.1 Å². The Bertz CT molecular complexity index is 962. The van der Waals surface area contributed by atoms with Crippen LogP contribution in [0.5, 0.6) is 0 Å². The van der Waals surface area contributed by atoms with Gasteiger partial charge in [0, 0.05) is 62.8 Å². The van der Waals surface area contributed by atoms with E-state index in [0.29, 0.717) is 31.4 Å². The smallest absolute Gasteiger partial charge is 0.245 e. The van der Waals surface area contributed by atoms with Gasteiger partial charge in [-0.05, 0) is 38.2 Å². The molecule has 3 fully saturated rings. The van der Waals surface area contributed by atoms with Gasteiger partial charge < -0.3 is 19.7 Å². The second kappa shape index (κ2) is 7.94. The van der Waals surface area contributed by atoms with E-state index in [0.717, 1.165) is 37.3 Å². The van der Waals surface area contributed by atoms with E-state index in [1.54, 1.807) is 30.5 Å². The largest absolute Gasteiger partial charge is 0.345 e. The number of likely N-dealkylation sites (N-methyl/N-ethyl adjacent to an activating group) is 1. The van der Waals surface area contributed by atoms with Crippen LogP contribution in [-0.4, -0.2) is 73.8 Å². The number of hydrogen-bond donors (Lipinski definition) is 1. The number of aromatic nitrogens is 4. The molecule has 2 aromatic rings. The van der Waals surface area contributed by atoms with E-state index in [4.69, 9.17) is 0 Å². The summed E-state index contributed by atoms with van der Waals surface area (Å²) in [5.74, 6) is 1.98. The lowest BCUT2D eigenvalue weighted by atomic mass is 9.71. The summed E-state index contributed by atoms with van der Waals surface area (Å²) in [6.45, 7) is 3.86. The van der Waals surface area contributed by atoms with Crippen LogP contribution in [0.1, 0.15) is 37.2 Å². The normalized spacial score (nSPS) is 27.7. The third kappa shape index (κ3) is 3.66. The number of nitrogens with zero attached hydrogens (tertiary/aromatic N) is 6. The summed E-state index contributed by atoms with van der Waals surface area (Å²) in [6.07, 6.45) is 8.62. The molecule has 1 N–H and O–H groups in total. The number of carbonyl (C=O) groups is 2. The molecule has 0 aliphatic carbocycles.